The van der Waals surface area contributed by atoms with Crippen LogP contribution in [0.2, 0.25) is 0 Å². The van der Waals surface area contributed by atoms with E-state index in [1.807, 2.05) is 4.90 Å². The maximum atomic E-state index is 11.3. The third kappa shape index (κ3) is 8.43. The molecule has 0 bridgehead atoms. The second-order valence-corrected chi connectivity index (χ2v) is 5.55. The zero-order valence-electron chi connectivity index (χ0n) is 13.2. The third-order valence-corrected chi connectivity index (χ3v) is 3.65. The summed E-state index contributed by atoms with van der Waals surface area (Å²) in [5, 5.41) is 8.59. The Morgan fingerprint density at radius 3 is 2.52 bits per heavy atom. The predicted octanol–water partition coefficient (Wildman–Crippen LogP) is 3.94. The summed E-state index contributed by atoms with van der Waals surface area (Å²) in [6.07, 6.45) is 14.5. The quantitative estimate of drug-likeness (QED) is 0.724. The summed E-state index contributed by atoms with van der Waals surface area (Å²) in [6.45, 7) is 4.57. The van der Waals surface area contributed by atoms with Crippen LogP contribution in [0.1, 0.15) is 58.3 Å². The molecule has 1 fully saturated rings. The van der Waals surface area contributed by atoms with E-state index in [1.165, 1.54) is 38.5 Å². The lowest BCUT2D eigenvalue weighted by atomic mass is 10.1. The Bertz CT molecular complexity index is 350. The number of carbonyl (C=O) groups is 1. The number of aliphatic hydroxyl groups excluding tert-OH is 1. The predicted molar refractivity (Wildman–Crippen MR) is 85.0 cm³/mol. The van der Waals surface area contributed by atoms with Crippen LogP contribution >= 0.6 is 0 Å². The summed E-state index contributed by atoms with van der Waals surface area (Å²) in [5.74, 6) is 0.654. The second kappa shape index (κ2) is 11.2. The van der Waals surface area contributed by atoms with Crippen molar-refractivity contribution >= 4 is 5.91 Å². The summed E-state index contributed by atoms with van der Waals surface area (Å²) in [5.41, 5.74) is 0. The molecule has 2 aliphatic rings. The topological polar surface area (TPSA) is 49.8 Å². The standard InChI is InChI=1S/C12H23NO.C5H6O2/c1-2-3-4-5-6-7-10-13-11-8-9-12(13)14;6-5-2-1-3-7-4-5/h2-11H2,1H3;1-3,6H,4H2. The first-order valence-electron chi connectivity index (χ1n) is 8.18. The molecule has 2 rings (SSSR count). The summed E-state index contributed by atoms with van der Waals surface area (Å²) < 4.78 is 4.68. The maximum Gasteiger partial charge on any atom is 0.222 e. The molecular weight excluding hydrogens is 266 g/mol. The van der Waals surface area contributed by atoms with E-state index in [0.29, 0.717) is 12.5 Å². The number of carbonyl (C=O) groups excluding carboxylic acids is 1. The van der Waals surface area contributed by atoms with Gasteiger partial charge in [0.1, 0.15) is 12.4 Å². The van der Waals surface area contributed by atoms with E-state index in [9.17, 15) is 4.79 Å². The lowest BCUT2D eigenvalue weighted by Gasteiger charge is -2.14. The van der Waals surface area contributed by atoms with Crippen LogP contribution in [0.5, 0.6) is 0 Å². The molecule has 0 aliphatic carbocycles. The number of allylic oxidation sites excluding steroid dienone is 2. The number of hydrogen-bond acceptors (Lipinski definition) is 3. The maximum absolute atomic E-state index is 11.3. The smallest absolute Gasteiger partial charge is 0.222 e. The number of aliphatic hydroxyl groups is 1. The molecule has 21 heavy (non-hydrogen) atoms. The van der Waals surface area contributed by atoms with Gasteiger partial charge in [0.05, 0.1) is 6.26 Å². The van der Waals surface area contributed by atoms with Crippen LogP contribution < -0.4 is 0 Å². The Morgan fingerprint density at radius 1 is 1.24 bits per heavy atom. The van der Waals surface area contributed by atoms with Gasteiger partial charge in [-0.15, -0.1) is 0 Å². The van der Waals surface area contributed by atoms with Crippen molar-refractivity contribution in [3.05, 3.63) is 24.2 Å². The van der Waals surface area contributed by atoms with Crippen LogP contribution in [0, 0.1) is 0 Å². The van der Waals surface area contributed by atoms with Crippen molar-refractivity contribution in [1.82, 2.24) is 4.90 Å². The van der Waals surface area contributed by atoms with Gasteiger partial charge in [0.2, 0.25) is 5.91 Å². The first kappa shape index (κ1) is 17.6. The molecule has 1 N–H and O–H groups in total. The number of unbranched alkanes of at least 4 members (excludes halogenated alkanes) is 5. The van der Waals surface area contributed by atoms with Crippen LogP contribution in [0.15, 0.2) is 24.2 Å². The van der Waals surface area contributed by atoms with Gasteiger partial charge in [0.25, 0.3) is 0 Å². The minimum absolute atomic E-state index is 0.280. The van der Waals surface area contributed by atoms with E-state index in [4.69, 9.17) is 5.11 Å². The minimum atomic E-state index is 0.280. The van der Waals surface area contributed by atoms with Crippen molar-refractivity contribution in [3.8, 4) is 0 Å². The Kier molecular flexibility index (Phi) is 9.42. The molecule has 4 nitrogen and oxygen atoms in total. The lowest BCUT2D eigenvalue weighted by molar-refractivity contribution is -0.127. The molecular formula is C17H29NO3. The van der Waals surface area contributed by atoms with Gasteiger partial charge < -0.3 is 14.7 Å². The normalized spacial score (nSPS) is 17.1. The molecule has 0 aromatic heterocycles. The van der Waals surface area contributed by atoms with E-state index >= 15 is 0 Å². The number of likely N-dealkylation sites (tertiary alicyclic amines) is 1. The van der Waals surface area contributed by atoms with Crippen molar-refractivity contribution in [2.75, 3.05) is 19.7 Å². The average molecular weight is 295 g/mol. The van der Waals surface area contributed by atoms with E-state index in [2.05, 4.69) is 11.7 Å². The molecule has 0 aromatic carbocycles. The highest BCUT2D eigenvalue weighted by atomic mass is 16.5. The fraction of sp³-hybridized carbons (Fsp3) is 0.706. The van der Waals surface area contributed by atoms with Crippen LogP contribution in [0.4, 0.5) is 0 Å². The van der Waals surface area contributed by atoms with Gasteiger partial charge in [0.15, 0.2) is 0 Å². The van der Waals surface area contributed by atoms with Crippen LogP contribution in [-0.4, -0.2) is 35.6 Å². The van der Waals surface area contributed by atoms with E-state index in [0.717, 1.165) is 25.9 Å². The summed E-state index contributed by atoms with van der Waals surface area (Å²) in [4.78, 5) is 13.3. The highest BCUT2D eigenvalue weighted by Gasteiger charge is 2.18. The van der Waals surface area contributed by atoms with Gasteiger partial charge in [-0.2, -0.15) is 0 Å². The third-order valence-electron chi connectivity index (χ3n) is 3.65. The number of ether oxygens (including phenoxy) is 1. The fourth-order valence-corrected chi connectivity index (χ4v) is 2.41. The molecule has 0 radical (unpaired) electrons. The number of nitrogens with zero attached hydrogens (tertiary/aromatic N) is 1. The number of hydrogen-bond donors (Lipinski definition) is 1. The summed E-state index contributed by atoms with van der Waals surface area (Å²) >= 11 is 0. The minimum Gasteiger partial charge on any atom is -0.509 e. The largest absolute Gasteiger partial charge is 0.509 e. The Morgan fingerprint density at radius 2 is 2.00 bits per heavy atom. The zero-order chi connectivity index (χ0) is 15.3. The second-order valence-electron chi connectivity index (χ2n) is 5.55. The van der Waals surface area contributed by atoms with Crippen molar-refractivity contribution in [2.45, 2.75) is 58.3 Å². The van der Waals surface area contributed by atoms with Gasteiger partial charge in [0, 0.05) is 19.5 Å². The van der Waals surface area contributed by atoms with Crippen molar-refractivity contribution in [1.29, 1.82) is 0 Å². The Hall–Kier alpha value is -1.45. The first-order valence-corrected chi connectivity index (χ1v) is 8.18. The molecule has 0 aromatic rings. The Labute approximate surface area is 128 Å². The molecule has 0 unspecified atom stereocenters. The van der Waals surface area contributed by atoms with Crippen molar-refractivity contribution in [2.24, 2.45) is 0 Å². The lowest BCUT2D eigenvalue weighted by Crippen LogP contribution is -2.25. The highest BCUT2D eigenvalue weighted by Crippen LogP contribution is 2.12. The SMILES string of the molecule is CCCCCCCCN1CCCC1=O.OC1=CC=COC1. The molecule has 2 heterocycles. The monoisotopic (exact) mass is 295 g/mol. The van der Waals surface area contributed by atoms with Gasteiger partial charge >= 0.3 is 0 Å². The number of rotatable bonds is 7. The molecule has 0 atom stereocenters. The van der Waals surface area contributed by atoms with E-state index in [1.54, 1.807) is 18.4 Å². The first-order chi connectivity index (χ1) is 10.2. The highest BCUT2D eigenvalue weighted by molar-refractivity contribution is 5.77. The van der Waals surface area contributed by atoms with Gasteiger partial charge in [-0.05, 0) is 25.0 Å². The Balaban J connectivity index is 0.000000262. The van der Waals surface area contributed by atoms with Crippen molar-refractivity contribution < 1.29 is 14.6 Å². The molecule has 0 spiro atoms. The molecule has 2 aliphatic heterocycles. The number of amides is 1. The summed E-state index contributed by atoms with van der Waals surface area (Å²) in [6, 6.07) is 0. The molecule has 120 valence electrons. The molecule has 1 saturated heterocycles. The zero-order valence-corrected chi connectivity index (χ0v) is 13.2. The van der Waals surface area contributed by atoms with Gasteiger partial charge in [-0.1, -0.05) is 39.0 Å². The average Bonchev–Trinajstić information content (AvgIpc) is 2.90. The van der Waals surface area contributed by atoms with Gasteiger partial charge in [-0.25, -0.2) is 0 Å². The summed E-state index contributed by atoms with van der Waals surface area (Å²) in [7, 11) is 0. The van der Waals surface area contributed by atoms with Crippen molar-refractivity contribution in [3.63, 3.8) is 0 Å². The van der Waals surface area contributed by atoms with Crippen LogP contribution in [0.25, 0.3) is 0 Å². The van der Waals surface area contributed by atoms with Crippen LogP contribution in [-0.2, 0) is 9.53 Å². The molecule has 1 amide bonds. The van der Waals surface area contributed by atoms with Crippen LogP contribution in [0.3, 0.4) is 0 Å². The van der Waals surface area contributed by atoms with E-state index < -0.39 is 0 Å². The molecule has 4 heteroatoms. The molecule has 0 saturated carbocycles. The fourth-order valence-electron chi connectivity index (χ4n) is 2.41. The van der Waals surface area contributed by atoms with Gasteiger partial charge in [-0.3, -0.25) is 4.79 Å². The van der Waals surface area contributed by atoms with E-state index in [-0.39, 0.29) is 5.76 Å².